The lowest BCUT2D eigenvalue weighted by Gasteiger charge is -2.06. The Balaban J connectivity index is 1.47. The maximum atomic E-state index is 12.0. The van der Waals surface area contributed by atoms with E-state index in [0.717, 1.165) is 15.2 Å². The van der Waals surface area contributed by atoms with E-state index in [4.69, 9.17) is 0 Å². The molecule has 0 atom stereocenters. The van der Waals surface area contributed by atoms with Crippen LogP contribution in [0.15, 0.2) is 70.2 Å². The van der Waals surface area contributed by atoms with Gasteiger partial charge in [-0.1, -0.05) is 52.3 Å². The van der Waals surface area contributed by atoms with Crippen LogP contribution in [0.1, 0.15) is 24.8 Å². The molecule has 0 fully saturated rings. The van der Waals surface area contributed by atoms with Gasteiger partial charge in [0.25, 0.3) is 0 Å². The molecule has 0 spiro atoms. The summed E-state index contributed by atoms with van der Waals surface area (Å²) in [5.41, 5.74) is 3.68. The molecule has 0 radical (unpaired) electrons. The number of hydrazone groups is 1. The SMILES string of the molecule is O=C(CCCC(=O)Nc1cccc(Br)c1)NN=Cc1c(O)ccc2ccccc12. The van der Waals surface area contributed by atoms with Gasteiger partial charge in [-0.2, -0.15) is 5.10 Å². The fourth-order valence-electron chi connectivity index (χ4n) is 2.84. The zero-order valence-electron chi connectivity index (χ0n) is 15.6. The van der Waals surface area contributed by atoms with E-state index in [1.165, 1.54) is 6.21 Å². The average molecular weight is 454 g/mol. The third-order valence-electron chi connectivity index (χ3n) is 4.25. The van der Waals surface area contributed by atoms with Crippen LogP contribution in [0, 0.1) is 0 Å². The van der Waals surface area contributed by atoms with E-state index < -0.39 is 0 Å². The molecular weight excluding hydrogens is 434 g/mol. The number of nitrogens with zero attached hydrogens (tertiary/aromatic N) is 1. The van der Waals surface area contributed by atoms with E-state index in [9.17, 15) is 14.7 Å². The summed E-state index contributed by atoms with van der Waals surface area (Å²) in [6.07, 6.45) is 2.23. The number of hydrogen-bond acceptors (Lipinski definition) is 4. The number of benzene rings is 3. The average Bonchev–Trinajstić information content (AvgIpc) is 2.69. The minimum atomic E-state index is -0.295. The van der Waals surface area contributed by atoms with E-state index in [-0.39, 0.29) is 30.4 Å². The lowest BCUT2D eigenvalue weighted by Crippen LogP contribution is -2.18. The Morgan fingerprint density at radius 2 is 1.79 bits per heavy atom. The summed E-state index contributed by atoms with van der Waals surface area (Å²) in [6, 6.07) is 18.3. The van der Waals surface area contributed by atoms with Crippen LogP contribution in [0.5, 0.6) is 5.75 Å². The number of anilines is 1. The molecule has 2 amide bonds. The van der Waals surface area contributed by atoms with Gasteiger partial charge in [0.1, 0.15) is 5.75 Å². The van der Waals surface area contributed by atoms with Gasteiger partial charge >= 0.3 is 0 Å². The van der Waals surface area contributed by atoms with Crippen molar-refractivity contribution in [3.05, 3.63) is 70.7 Å². The summed E-state index contributed by atoms with van der Waals surface area (Å²) < 4.78 is 0.879. The Bertz CT molecular complexity index is 1070. The highest BCUT2D eigenvalue weighted by atomic mass is 79.9. The van der Waals surface area contributed by atoms with Crippen molar-refractivity contribution in [2.24, 2.45) is 5.10 Å². The summed E-state index contributed by atoms with van der Waals surface area (Å²) in [5, 5.41) is 18.6. The summed E-state index contributed by atoms with van der Waals surface area (Å²) in [5.74, 6) is -0.359. The van der Waals surface area contributed by atoms with Crippen molar-refractivity contribution in [2.45, 2.75) is 19.3 Å². The number of nitrogens with one attached hydrogen (secondary N) is 2. The number of aromatic hydroxyl groups is 1. The molecule has 0 bridgehead atoms. The Morgan fingerprint density at radius 1 is 1.00 bits per heavy atom. The molecule has 0 unspecified atom stereocenters. The molecule has 0 aromatic heterocycles. The molecule has 7 heteroatoms. The standard InChI is InChI=1S/C22H20BrN3O3/c23-16-6-3-7-17(13-16)25-21(28)9-4-10-22(29)26-24-14-19-18-8-2-1-5-15(18)11-12-20(19)27/h1-3,5-8,11-14,27H,4,9-10H2,(H,25,28)(H,26,29). The van der Waals surface area contributed by atoms with E-state index in [0.29, 0.717) is 17.7 Å². The second-order valence-corrected chi connectivity index (χ2v) is 7.34. The molecule has 3 N–H and O–H groups in total. The molecule has 0 heterocycles. The van der Waals surface area contributed by atoms with Gasteiger partial charge in [0, 0.05) is 28.6 Å². The van der Waals surface area contributed by atoms with Crippen molar-refractivity contribution >= 4 is 50.4 Å². The number of fused-ring (bicyclic) bond motifs is 1. The van der Waals surface area contributed by atoms with Crippen LogP contribution in [0.3, 0.4) is 0 Å². The highest BCUT2D eigenvalue weighted by Gasteiger charge is 2.07. The van der Waals surface area contributed by atoms with Gasteiger partial charge in [0.15, 0.2) is 0 Å². The van der Waals surface area contributed by atoms with Crippen LogP contribution in [-0.4, -0.2) is 23.1 Å². The van der Waals surface area contributed by atoms with Crippen molar-refractivity contribution in [1.82, 2.24) is 5.43 Å². The quantitative estimate of drug-likeness (QED) is 0.361. The van der Waals surface area contributed by atoms with Gasteiger partial charge < -0.3 is 10.4 Å². The fourth-order valence-corrected chi connectivity index (χ4v) is 3.24. The number of phenols is 1. The van der Waals surface area contributed by atoms with Gasteiger partial charge in [-0.15, -0.1) is 0 Å². The second-order valence-electron chi connectivity index (χ2n) is 6.42. The lowest BCUT2D eigenvalue weighted by atomic mass is 10.0. The van der Waals surface area contributed by atoms with E-state index in [1.807, 2.05) is 48.5 Å². The van der Waals surface area contributed by atoms with Crippen LogP contribution >= 0.6 is 15.9 Å². The van der Waals surface area contributed by atoms with Gasteiger partial charge in [-0.25, -0.2) is 5.43 Å². The Hall–Kier alpha value is -3.19. The van der Waals surface area contributed by atoms with Crippen molar-refractivity contribution in [1.29, 1.82) is 0 Å². The number of carbonyl (C=O) groups is 2. The van der Waals surface area contributed by atoms with Crippen molar-refractivity contribution in [3.63, 3.8) is 0 Å². The lowest BCUT2D eigenvalue weighted by molar-refractivity contribution is -0.121. The first kappa shape index (κ1) is 20.5. The first-order valence-electron chi connectivity index (χ1n) is 9.11. The number of phenolic OH excluding ortho intramolecular Hbond substituents is 1. The topological polar surface area (TPSA) is 90.8 Å². The van der Waals surface area contributed by atoms with E-state index in [1.54, 1.807) is 12.1 Å². The molecule has 0 aliphatic heterocycles. The van der Waals surface area contributed by atoms with E-state index >= 15 is 0 Å². The maximum absolute atomic E-state index is 12.0. The van der Waals surface area contributed by atoms with Crippen molar-refractivity contribution < 1.29 is 14.7 Å². The molecule has 0 saturated carbocycles. The number of hydrogen-bond donors (Lipinski definition) is 3. The molecule has 29 heavy (non-hydrogen) atoms. The van der Waals surface area contributed by atoms with E-state index in [2.05, 4.69) is 31.8 Å². The third-order valence-corrected chi connectivity index (χ3v) is 4.74. The third kappa shape index (κ3) is 5.89. The van der Waals surface area contributed by atoms with Gasteiger partial charge in [0.2, 0.25) is 11.8 Å². The Labute approximate surface area is 176 Å². The van der Waals surface area contributed by atoms with Crippen molar-refractivity contribution in [3.8, 4) is 5.75 Å². The maximum Gasteiger partial charge on any atom is 0.240 e. The van der Waals surface area contributed by atoms with Crippen LogP contribution in [-0.2, 0) is 9.59 Å². The zero-order valence-corrected chi connectivity index (χ0v) is 17.1. The first-order chi connectivity index (χ1) is 14.0. The van der Waals surface area contributed by atoms with Gasteiger partial charge in [-0.05, 0) is 41.5 Å². The Morgan fingerprint density at radius 3 is 2.62 bits per heavy atom. The van der Waals surface area contributed by atoms with Crippen molar-refractivity contribution in [2.75, 3.05) is 5.32 Å². The van der Waals surface area contributed by atoms with Crippen LogP contribution in [0.4, 0.5) is 5.69 Å². The zero-order chi connectivity index (χ0) is 20.6. The summed E-state index contributed by atoms with van der Waals surface area (Å²) in [7, 11) is 0. The minimum absolute atomic E-state index is 0.0888. The van der Waals surface area contributed by atoms with Crippen LogP contribution < -0.4 is 10.7 Å². The monoisotopic (exact) mass is 453 g/mol. The summed E-state index contributed by atoms with van der Waals surface area (Å²) in [4.78, 5) is 23.9. The van der Waals surface area contributed by atoms with Crippen LogP contribution in [0.2, 0.25) is 0 Å². The molecule has 3 aromatic carbocycles. The molecule has 0 aliphatic rings. The molecular formula is C22H20BrN3O3. The first-order valence-corrected chi connectivity index (χ1v) is 9.90. The number of halogens is 1. The second kappa shape index (κ2) is 9.84. The number of amides is 2. The molecule has 148 valence electrons. The molecule has 3 aromatic rings. The molecule has 6 nitrogen and oxygen atoms in total. The van der Waals surface area contributed by atoms with Gasteiger partial charge in [0.05, 0.1) is 6.21 Å². The highest BCUT2D eigenvalue weighted by Crippen LogP contribution is 2.25. The normalized spacial score (nSPS) is 10.9. The summed E-state index contributed by atoms with van der Waals surface area (Å²) in [6.45, 7) is 0. The minimum Gasteiger partial charge on any atom is -0.507 e. The smallest absolute Gasteiger partial charge is 0.240 e. The Kier molecular flexibility index (Phi) is 6.97. The number of carbonyl (C=O) groups excluding carboxylic acids is 2. The molecule has 3 rings (SSSR count). The largest absolute Gasteiger partial charge is 0.507 e. The molecule has 0 aliphatic carbocycles. The number of rotatable bonds is 7. The molecule has 0 saturated heterocycles. The van der Waals surface area contributed by atoms with Gasteiger partial charge in [-0.3, -0.25) is 9.59 Å². The predicted molar refractivity (Wildman–Crippen MR) is 118 cm³/mol. The summed E-state index contributed by atoms with van der Waals surface area (Å²) >= 11 is 3.35. The fraction of sp³-hybridized carbons (Fsp3) is 0.136. The van der Waals surface area contributed by atoms with Crippen LogP contribution in [0.25, 0.3) is 10.8 Å². The highest BCUT2D eigenvalue weighted by molar-refractivity contribution is 9.10. The predicted octanol–water partition coefficient (Wildman–Crippen LogP) is 4.57.